The summed E-state index contributed by atoms with van der Waals surface area (Å²) < 4.78 is 63.7. The average molecular weight is 520 g/mol. The Balaban J connectivity index is 1.85. The van der Waals surface area contributed by atoms with E-state index in [9.17, 15) is 27.5 Å². The molecule has 5 nitrogen and oxygen atoms in total. The number of hydrogen-bond acceptors (Lipinski definition) is 5. The number of para-hydroxylation sites is 1. The molecule has 3 aromatic carbocycles. The molecule has 37 heavy (non-hydrogen) atoms. The zero-order valence-electron chi connectivity index (χ0n) is 20.5. The fourth-order valence-electron chi connectivity index (χ4n) is 3.63. The predicted octanol–water partition coefficient (Wildman–Crippen LogP) is 6.49. The summed E-state index contributed by atoms with van der Waals surface area (Å²) in [4.78, 5) is 13.4. The number of carbonyl (C=O) groups excluding carboxylic acids is 1. The van der Waals surface area contributed by atoms with Crippen molar-refractivity contribution in [1.82, 2.24) is 0 Å². The van der Waals surface area contributed by atoms with E-state index in [-0.39, 0.29) is 19.2 Å². The minimum Gasteiger partial charge on any atom is -0.491 e. The molecule has 3 rings (SSSR count). The second-order valence-corrected chi connectivity index (χ2v) is 8.81. The van der Waals surface area contributed by atoms with Gasteiger partial charge in [-0.2, -0.15) is 8.78 Å². The second-order valence-electron chi connectivity index (χ2n) is 8.81. The first-order valence-electron chi connectivity index (χ1n) is 11.8. The SMILES string of the molecule is CC(C)Oc1cccc(CN(CC(O)CC(=O)C(F)(F)C(F)F)c2cccc(Oc3ccccc3)c2)c1. The molecule has 0 bridgehead atoms. The standard InChI is InChI=1S/C28H29F4NO4/c1-19(2)36-24-12-6-8-20(14-24)17-33(18-22(34)16-26(35)28(31,32)27(29)30)21-9-7-13-25(15-21)37-23-10-4-3-5-11-23/h3-15,19,22,27,34H,16-18H2,1-2H3. The van der Waals surface area contributed by atoms with Gasteiger partial charge in [-0.1, -0.05) is 36.4 Å². The predicted molar refractivity (Wildman–Crippen MR) is 133 cm³/mol. The van der Waals surface area contributed by atoms with Crippen molar-refractivity contribution in [3.63, 3.8) is 0 Å². The van der Waals surface area contributed by atoms with E-state index < -0.39 is 30.7 Å². The number of ether oxygens (including phenoxy) is 2. The van der Waals surface area contributed by atoms with Gasteiger partial charge in [-0.05, 0) is 55.8 Å². The topological polar surface area (TPSA) is 59.0 Å². The molecular formula is C28H29F4NO4. The molecule has 0 aromatic heterocycles. The molecule has 198 valence electrons. The minimum atomic E-state index is -4.82. The highest BCUT2D eigenvalue weighted by atomic mass is 19.3. The third-order valence-corrected chi connectivity index (χ3v) is 5.30. The maximum atomic E-state index is 13.5. The Bertz CT molecular complexity index is 1160. The summed E-state index contributed by atoms with van der Waals surface area (Å²) in [5.74, 6) is -5.12. The highest BCUT2D eigenvalue weighted by molar-refractivity contribution is 5.86. The van der Waals surface area contributed by atoms with E-state index in [1.165, 1.54) is 0 Å². The van der Waals surface area contributed by atoms with Crippen molar-refractivity contribution in [3.05, 3.63) is 84.4 Å². The first-order chi connectivity index (χ1) is 17.5. The van der Waals surface area contributed by atoms with Gasteiger partial charge in [0.15, 0.2) is 0 Å². The van der Waals surface area contributed by atoms with Crippen molar-refractivity contribution in [1.29, 1.82) is 0 Å². The molecule has 1 unspecified atom stereocenters. The van der Waals surface area contributed by atoms with Gasteiger partial charge in [-0.25, -0.2) is 8.78 Å². The van der Waals surface area contributed by atoms with Crippen LogP contribution in [0.1, 0.15) is 25.8 Å². The number of Topliss-reactive ketones (excluding diaryl/α,β-unsaturated/α-hetero) is 1. The Hall–Kier alpha value is -3.59. The van der Waals surface area contributed by atoms with Crippen LogP contribution in [0.5, 0.6) is 17.2 Å². The van der Waals surface area contributed by atoms with Gasteiger partial charge < -0.3 is 19.5 Å². The molecule has 3 aromatic rings. The van der Waals surface area contributed by atoms with E-state index in [1.807, 2.05) is 38.1 Å². The van der Waals surface area contributed by atoms with Gasteiger partial charge in [-0.3, -0.25) is 4.79 Å². The summed E-state index contributed by atoms with van der Waals surface area (Å²) >= 11 is 0. The fraction of sp³-hybridized carbons (Fsp3) is 0.321. The maximum absolute atomic E-state index is 13.5. The maximum Gasteiger partial charge on any atom is 0.364 e. The first kappa shape index (κ1) is 28.0. The van der Waals surface area contributed by atoms with Crippen LogP contribution in [0.3, 0.4) is 0 Å². The number of alkyl halides is 4. The van der Waals surface area contributed by atoms with E-state index in [0.29, 0.717) is 22.9 Å². The number of hydrogen-bond donors (Lipinski definition) is 1. The van der Waals surface area contributed by atoms with E-state index >= 15 is 0 Å². The van der Waals surface area contributed by atoms with Crippen LogP contribution in [0.4, 0.5) is 23.2 Å². The van der Waals surface area contributed by atoms with Crippen molar-refractivity contribution in [2.45, 2.75) is 51.4 Å². The van der Waals surface area contributed by atoms with Crippen molar-refractivity contribution < 1.29 is 36.9 Å². The Morgan fingerprint density at radius 2 is 1.57 bits per heavy atom. The molecule has 0 saturated heterocycles. The molecule has 0 aliphatic rings. The quantitative estimate of drug-likeness (QED) is 0.262. The largest absolute Gasteiger partial charge is 0.491 e. The number of nitrogens with zero attached hydrogens (tertiary/aromatic N) is 1. The zero-order chi connectivity index (χ0) is 27.0. The number of anilines is 1. The molecule has 9 heteroatoms. The molecule has 0 aliphatic carbocycles. The van der Waals surface area contributed by atoms with Crippen molar-refractivity contribution in [3.8, 4) is 17.2 Å². The average Bonchev–Trinajstić information content (AvgIpc) is 2.84. The van der Waals surface area contributed by atoms with Gasteiger partial charge in [0.05, 0.1) is 12.2 Å². The third-order valence-electron chi connectivity index (χ3n) is 5.30. The molecular weight excluding hydrogens is 490 g/mol. The number of carbonyl (C=O) groups is 1. The monoisotopic (exact) mass is 519 g/mol. The van der Waals surface area contributed by atoms with Crippen molar-refractivity contribution >= 4 is 11.5 Å². The summed E-state index contributed by atoms with van der Waals surface area (Å²) in [6, 6.07) is 23.2. The van der Waals surface area contributed by atoms with Crippen LogP contribution in [0, 0.1) is 0 Å². The smallest absolute Gasteiger partial charge is 0.364 e. The van der Waals surface area contributed by atoms with Crippen LogP contribution in [-0.4, -0.2) is 42.0 Å². The van der Waals surface area contributed by atoms with Crippen LogP contribution >= 0.6 is 0 Å². The molecule has 0 saturated carbocycles. The molecule has 0 heterocycles. The van der Waals surface area contributed by atoms with Crippen LogP contribution in [0.15, 0.2) is 78.9 Å². The van der Waals surface area contributed by atoms with Crippen LogP contribution in [-0.2, 0) is 11.3 Å². The van der Waals surface area contributed by atoms with Gasteiger partial charge in [0, 0.05) is 31.3 Å². The molecule has 1 N–H and O–H groups in total. The van der Waals surface area contributed by atoms with Gasteiger partial charge in [-0.15, -0.1) is 0 Å². The third kappa shape index (κ3) is 8.21. The molecule has 0 spiro atoms. The van der Waals surface area contributed by atoms with Crippen molar-refractivity contribution in [2.24, 2.45) is 0 Å². The van der Waals surface area contributed by atoms with Crippen LogP contribution < -0.4 is 14.4 Å². The van der Waals surface area contributed by atoms with E-state index in [0.717, 1.165) is 5.56 Å². The minimum absolute atomic E-state index is 0.0532. The lowest BCUT2D eigenvalue weighted by Crippen LogP contribution is -2.41. The summed E-state index contributed by atoms with van der Waals surface area (Å²) in [7, 11) is 0. The number of halogens is 4. The van der Waals surface area contributed by atoms with E-state index in [2.05, 4.69) is 0 Å². The summed E-state index contributed by atoms with van der Waals surface area (Å²) in [6.45, 7) is 3.72. The van der Waals surface area contributed by atoms with E-state index in [4.69, 9.17) is 9.47 Å². The summed E-state index contributed by atoms with van der Waals surface area (Å²) in [6.07, 6.45) is -6.93. The number of ketones is 1. The van der Waals surface area contributed by atoms with E-state index in [1.54, 1.807) is 59.5 Å². The number of benzene rings is 3. The Morgan fingerprint density at radius 1 is 0.919 bits per heavy atom. The normalized spacial score (nSPS) is 12.5. The number of aliphatic hydroxyl groups excluding tert-OH is 1. The Morgan fingerprint density at radius 3 is 2.24 bits per heavy atom. The Kier molecular flexibility index (Phi) is 9.52. The molecule has 1 atom stereocenters. The fourth-order valence-corrected chi connectivity index (χ4v) is 3.63. The number of rotatable bonds is 13. The van der Waals surface area contributed by atoms with Gasteiger partial charge >= 0.3 is 12.3 Å². The lowest BCUT2D eigenvalue weighted by Gasteiger charge is -2.28. The number of aliphatic hydroxyl groups is 1. The molecule has 0 amide bonds. The second kappa shape index (κ2) is 12.6. The van der Waals surface area contributed by atoms with Crippen LogP contribution in [0.2, 0.25) is 0 Å². The highest BCUT2D eigenvalue weighted by Crippen LogP contribution is 2.29. The van der Waals surface area contributed by atoms with Gasteiger partial charge in [0.2, 0.25) is 5.78 Å². The summed E-state index contributed by atoms with van der Waals surface area (Å²) in [5, 5.41) is 10.5. The van der Waals surface area contributed by atoms with Gasteiger partial charge in [0.1, 0.15) is 17.2 Å². The molecule has 0 radical (unpaired) electrons. The Labute approximate surface area is 213 Å². The molecule has 0 fully saturated rings. The lowest BCUT2D eigenvalue weighted by atomic mass is 10.1. The zero-order valence-corrected chi connectivity index (χ0v) is 20.5. The summed E-state index contributed by atoms with van der Waals surface area (Å²) in [5.41, 5.74) is 1.35. The van der Waals surface area contributed by atoms with Gasteiger partial charge in [0.25, 0.3) is 0 Å². The lowest BCUT2D eigenvalue weighted by molar-refractivity contribution is -0.168. The molecule has 0 aliphatic heterocycles. The first-order valence-corrected chi connectivity index (χ1v) is 11.8. The highest BCUT2D eigenvalue weighted by Gasteiger charge is 2.48. The van der Waals surface area contributed by atoms with Crippen LogP contribution in [0.25, 0.3) is 0 Å². The van der Waals surface area contributed by atoms with Crippen molar-refractivity contribution in [2.75, 3.05) is 11.4 Å².